The first-order valence-electron chi connectivity index (χ1n) is 7.56. The molecule has 1 aliphatic rings. The zero-order chi connectivity index (χ0) is 18.2. The molecule has 136 valence electrons. The first kappa shape index (κ1) is 18.3. The largest absolute Gasteiger partial charge is 0.308 e. The predicted octanol–water partition coefficient (Wildman–Crippen LogP) is 1.10. The summed E-state index contributed by atoms with van der Waals surface area (Å²) in [6.07, 6.45) is 1.73. The lowest BCUT2D eigenvalue weighted by molar-refractivity contribution is 0.344. The number of halogens is 1. The lowest BCUT2D eigenvalue weighted by Crippen LogP contribution is -2.42. The zero-order valence-electron chi connectivity index (χ0n) is 13.4. The summed E-state index contributed by atoms with van der Waals surface area (Å²) in [4.78, 5) is 0.106. The Balaban J connectivity index is 1.77. The molecule has 0 atom stereocenters. The molecule has 11 heteroatoms. The second-order valence-electron chi connectivity index (χ2n) is 5.83. The van der Waals surface area contributed by atoms with Crippen LogP contribution in [0.3, 0.4) is 0 Å². The van der Waals surface area contributed by atoms with Crippen molar-refractivity contribution in [1.82, 2.24) is 19.1 Å². The lowest BCUT2D eigenvalue weighted by atomic mass is 10.2. The minimum Gasteiger partial charge on any atom is -0.308 e. The van der Waals surface area contributed by atoms with E-state index in [2.05, 4.69) is 10.2 Å². The lowest BCUT2D eigenvalue weighted by Gasteiger charge is -2.30. The molecule has 1 fully saturated rings. The van der Waals surface area contributed by atoms with Gasteiger partial charge in [0.1, 0.15) is 6.33 Å². The van der Waals surface area contributed by atoms with E-state index in [4.69, 9.17) is 11.6 Å². The van der Waals surface area contributed by atoms with Crippen LogP contribution in [0, 0.1) is 0 Å². The fraction of sp³-hybridized carbons (Fsp3) is 0.429. The average Bonchev–Trinajstić information content (AvgIpc) is 3.02. The molecule has 2 aromatic rings. The Kier molecular flexibility index (Phi) is 4.89. The molecule has 0 saturated carbocycles. The fourth-order valence-corrected chi connectivity index (χ4v) is 6.35. The first-order chi connectivity index (χ1) is 11.7. The van der Waals surface area contributed by atoms with E-state index in [1.165, 1.54) is 27.3 Å². The van der Waals surface area contributed by atoms with Gasteiger partial charge in [-0.3, -0.25) is 0 Å². The fourth-order valence-electron chi connectivity index (χ4n) is 2.84. The van der Waals surface area contributed by atoms with Crippen LogP contribution < -0.4 is 0 Å². The second-order valence-corrected chi connectivity index (χ2v) is 10.3. The van der Waals surface area contributed by atoms with E-state index < -0.39 is 25.1 Å². The number of aryl methyl sites for hydroxylation is 1. The van der Waals surface area contributed by atoms with E-state index in [1.54, 1.807) is 19.2 Å². The highest BCUT2D eigenvalue weighted by molar-refractivity contribution is 7.92. The molecule has 1 aliphatic heterocycles. The van der Waals surface area contributed by atoms with Crippen LogP contribution in [0.4, 0.5) is 0 Å². The van der Waals surface area contributed by atoms with Gasteiger partial charge in [-0.05, 0) is 31.0 Å². The highest BCUT2D eigenvalue weighted by Gasteiger charge is 2.37. The molecule has 0 amide bonds. The van der Waals surface area contributed by atoms with Crippen molar-refractivity contribution in [3.8, 4) is 0 Å². The van der Waals surface area contributed by atoms with Gasteiger partial charge in [0.25, 0.3) is 0 Å². The van der Waals surface area contributed by atoms with Crippen LogP contribution in [0.1, 0.15) is 12.8 Å². The number of benzene rings is 1. The van der Waals surface area contributed by atoms with Gasteiger partial charge in [-0.2, -0.15) is 4.31 Å². The number of sulfonamides is 1. The third-order valence-corrected chi connectivity index (χ3v) is 8.56. The van der Waals surface area contributed by atoms with Crippen LogP contribution in [0.2, 0.25) is 5.02 Å². The summed E-state index contributed by atoms with van der Waals surface area (Å²) in [7, 11) is -5.78. The Morgan fingerprint density at radius 3 is 2.40 bits per heavy atom. The maximum atomic E-state index is 12.7. The predicted molar refractivity (Wildman–Crippen MR) is 91.4 cm³/mol. The Labute approximate surface area is 151 Å². The number of nitrogens with zero attached hydrogens (tertiary/aromatic N) is 4. The van der Waals surface area contributed by atoms with Gasteiger partial charge in [-0.15, -0.1) is 10.2 Å². The van der Waals surface area contributed by atoms with Crippen molar-refractivity contribution in [3.63, 3.8) is 0 Å². The quantitative estimate of drug-likeness (QED) is 0.755. The zero-order valence-corrected chi connectivity index (χ0v) is 15.8. The van der Waals surface area contributed by atoms with Crippen molar-refractivity contribution in [2.24, 2.45) is 7.05 Å². The summed E-state index contributed by atoms with van der Waals surface area (Å²) in [6, 6.07) is 6.03. The van der Waals surface area contributed by atoms with Crippen molar-refractivity contribution in [1.29, 1.82) is 0 Å². The molecule has 3 rings (SSSR count). The third kappa shape index (κ3) is 3.43. The third-order valence-electron chi connectivity index (χ3n) is 4.20. The van der Waals surface area contributed by atoms with Gasteiger partial charge in [0, 0.05) is 25.2 Å². The van der Waals surface area contributed by atoms with Crippen molar-refractivity contribution in [2.75, 3.05) is 13.1 Å². The summed E-state index contributed by atoms with van der Waals surface area (Å²) in [5.41, 5.74) is 0. The minimum atomic E-state index is -3.69. The SMILES string of the molecule is Cn1cnnc1S(=O)(=O)C1CCN(S(=O)(=O)c2cccc(Cl)c2)CC1. The molecular weight excluding hydrogens is 388 g/mol. The van der Waals surface area contributed by atoms with Crippen LogP contribution in [0.25, 0.3) is 0 Å². The van der Waals surface area contributed by atoms with Crippen LogP contribution in [-0.2, 0) is 26.9 Å². The van der Waals surface area contributed by atoms with Crippen molar-refractivity contribution >= 4 is 31.5 Å². The highest BCUT2D eigenvalue weighted by atomic mass is 35.5. The summed E-state index contributed by atoms with van der Waals surface area (Å²) in [5.74, 6) is 0. The summed E-state index contributed by atoms with van der Waals surface area (Å²) in [6.45, 7) is 0.243. The van der Waals surface area contributed by atoms with E-state index in [0.29, 0.717) is 5.02 Å². The molecule has 1 saturated heterocycles. The van der Waals surface area contributed by atoms with Crippen LogP contribution in [0.15, 0.2) is 40.6 Å². The highest BCUT2D eigenvalue weighted by Crippen LogP contribution is 2.27. The molecule has 0 spiro atoms. The Bertz CT molecular complexity index is 980. The van der Waals surface area contributed by atoms with Gasteiger partial charge >= 0.3 is 0 Å². The summed E-state index contributed by atoms with van der Waals surface area (Å²) in [5, 5.41) is 6.83. The molecule has 1 aromatic heterocycles. The number of rotatable bonds is 4. The Morgan fingerprint density at radius 1 is 1.16 bits per heavy atom. The standard InChI is InChI=1S/C14H17ClN4O4S2/c1-18-10-16-17-14(18)24(20,21)12-5-7-19(8-6-12)25(22,23)13-4-2-3-11(15)9-13/h2-4,9-10,12H,5-8H2,1H3. The molecule has 25 heavy (non-hydrogen) atoms. The molecule has 0 radical (unpaired) electrons. The monoisotopic (exact) mass is 404 g/mol. The van der Waals surface area contributed by atoms with E-state index in [1.807, 2.05) is 0 Å². The molecular formula is C14H17ClN4O4S2. The van der Waals surface area contributed by atoms with Gasteiger partial charge in [-0.25, -0.2) is 16.8 Å². The topological polar surface area (TPSA) is 102 Å². The number of sulfone groups is 1. The molecule has 8 nitrogen and oxygen atoms in total. The number of aromatic nitrogens is 3. The van der Waals surface area contributed by atoms with Crippen LogP contribution in [0.5, 0.6) is 0 Å². The first-order valence-corrected chi connectivity index (χ1v) is 10.9. The van der Waals surface area contributed by atoms with Crippen molar-refractivity contribution < 1.29 is 16.8 Å². The maximum Gasteiger partial charge on any atom is 0.249 e. The van der Waals surface area contributed by atoms with E-state index in [9.17, 15) is 16.8 Å². The van der Waals surface area contributed by atoms with Gasteiger partial charge in [0.15, 0.2) is 0 Å². The van der Waals surface area contributed by atoms with E-state index in [0.717, 1.165) is 0 Å². The van der Waals surface area contributed by atoms with Gasteiger partial charge < -0.3 is 4.57 Å². The van der Waals surface area contributed by atoms with Crippen molar-refractivity contribution in [2.45, 2.75) is 28.1 Å². The molecule has 0 N–H and O–H groups in total. The molecule has 0 aliphatic carbocycles. The maximum absolute atomic E-state index is 12.7. The second kappa shape index (κ2) is 6.67. The van der Waals surface area contributed by atoms with Gasteiger partial charge in [-0.1, -0.05) is 17.7 Å². The summed E-state index contributed by atoms with van der Waals surface area (Å²) >= 11 is 5.87. The Hall–Kier alpha value is -1.49. The minimum absolute atomic E-state index is 0.0938. The molecule has 0 bridgehead atoms. The smallest absolute Gasteiger partial charge is 0.249 e. The van der Waals surface area contributed by atoms with E-state index >= 15 is 0 Å². The average molecular weight is 405 g/mol. The summed E-state index contributed by atoms with van der Waals surface area (Å²) < 4.78 is 53.2. The van der Waals surface area contributed by atoms with Crippen LogP contribution >= 0.6 is 11.6 Å². The van der Waals surface area contributed by atoms with Crippen LogP contribution in [-0.4, -0.2) is 54.2 Å². The molecule has 2 heterocycles. The normalized spacial score (nSPS) is 17.7. The number of hydrogen-bond donors (Lipinski definition) is 0. The number of piperidine rings is 1. The van der Waals surface area contributed by atoms with Gasteiger partial charge in [0.05, 0.1) is 10.1 Å². The van der Waals surface area contributed by atoms with Crippen molar-refractivity contribution in [3.05, 3.63) is 35.6 Å². The number of hydrogen-bond acceptors (Lipinski definition) is 6. The van der Waals surface area contributed by atoms with E-state index in [-0.39, 0.29) is 36.0 Å². The Morgan fingerprint density at radius 2 is 1.84 bits per heavy atom. The molecule has 1 aromatic carbocycles. The van der Waals surface area contributed by atoms with Gasteiger partial charge in [0.2, 0.25) is 25.0 Å². The molecule has 0 unspecified atom stereocenters.